The van der Waals surface area contributed by atoms with Gasteiger partial charge in [-0.25, -0.2) is 4.68 Å². The van der Waals surface area contributed by atoms with Gasteiger partial charge in [0.2, 0.25) is 0 Å². The van der Waals surface area contributed by atoms with Crippen LogP contribution in [-0.2, 0) is 6.54 Å². The third-order valence-corrected chi connectivity index (χ3v) is 4.43. The molecule has 17 heavy (non-hydrogen) atoms. The van der Waals surface area contributed by atoms with E-state index in [-0.39, 0.29) is 0 Å². The number of ether oxygens (including phenoxy) is 1. The molecule has 3 fully saturated rings. The molecule has 0 amide bonds. The zero-order valence-electron chi connectivity index (χ0n) is 10.6. The van der Waals surface area contributed by atoms with Gasteiger partial charge in [0.05, 0.1) is 13.7 Å². The predicted octanol–water partition coefficient (Wildman–Crippen LogP) is 1.02. The van der Waals surface area contributed by atoms with Crippen molar-refractivity contribution in [2.45, 2.75) is 26.3 Å². The Morgan fingerprint density at radius 1 is 1.47 bits per heavy atom. The van der Waals surface area contributed by atoms with E-state index in [0.29, 0.717) is 11.4 Å². The van der Waals surface area contributed by atoms with Crippen molar-refractivity contribution in [2.75, 3.05) is 26.7 Å². The van der Waals surface area contributed by atoms with E-state index in [1.165, 1.54) is 32.5 Å². The molecular weight excluding hydrogens is 216 g/mol. The first kappa shape index (κ1) is 11.0. The average molecular weight is 236 g/mol. The summed E-state index contributed by atoms with van der Waals surface area (Å²) in [7, 11) is 1.65. The number of nitrogens with zero attached hydrogens (tertiary/aromatic N) is 4. The number of aromatic nitrogens is 3. The summed E-state index contributed by atoms with van der Waals surface area (Å²) in [6.45, 7) is 7.02. The second-order valence-corrected chi connectivity index (χ2v) is 5.61. The average Bonchev–Trinajstić information content (AvgIpc) is 2.76. The van der Waals surface area contributed by atoms with Crippen molar-refractivity contribution in [3.63, 3.8) is 0 Å². The topological polar surface area (TPSA) is 43.2 Å². The Morgan fingerprint density at radius 2 is 2.24 bits per heavy atom. The Hall–Kier alpha value is -1.10. The highest BCUT2D eigenvalue weighted by Gasteiger charge is 2.43. The quantitative estimate of drug-likeness (QED) is 0.786. The molecule has 1 unspecified atom stereocenters. The monoisotopic (exact) mass is 236 g/mol. The molecule has 0 N–H and O–H groups in total. The normalized spacial score (nSPS) is 36.1. The van der Waals surface area contributed by atoms with E-state index in [9.17, 15) is 0 Å². The smallest absolute Gasteiger partial charge is 0.314 e. The van der Waals surface area contributed by atoms with Crippen LogP contribution in [0.25, 0.3) is 0 Å². The van der Waals surface area contributed by atoms with Crippen LogP contribution in [0.3, 0.4) is 0 Å². The SMILES string of the molecule is COc1ncnn1CC1(C)CN2CCC1CC2. The lowest BCUT2D eigenvalue weighted by Crippen LogP contribution is -2.54. The van der Waals surface area contributed by atoms with Crippen LogP contribution in [0.1, 0.15) is 19.8 Å². The number of rotatable bonds is 3. The van der Waals surface area contributed by atoms with Crippen molar-refractivity contribution < 1.29 is 4.74 Å². The summed E-state index contributed by atoms with van der Waals surface area (Å²) in [5.74, 6) is 0.821. The molecule has 5 heteroatoms. The molecule has 1 aromatic rings. The molecule has 3 saturated heterocycles. The Balaban J connectivity index is 1.80. The molecule has 1 aromatic heterocycles. The van der Waals surface area contributed by atoms with Gasteiger partial charge < -0.3 is 9.64 Å². The highest BCUT2D eigenvalue weighted by atomic mass is 16.5. The lowest BCUT2D eigenvalue weighted by molar-refractivity contribution is -0.0306. The second-order valence-electron chi connectivity index (χ2n) is 5.61. The summed E-state index contributed by atoms with van der Waals surface area (Å²) in [5.41, 5.74) is 0.317. The van der Waals surface area contributed by atoms with Crippen molar-refractivity contribution in [3.05, 3.63) is 6.33 Å². The van der Waals surface area contributed by atoms with Crippen molar-refractivity contribution in [2.24, 2.45) is 11.3 Å². The first-order valence-corrected chi connectivity index (χ1v) is 6.35. The summed E-state index contributed by atoms with van der Waals surface area (Å²) >= 11 is 0. The number of hydrogen-bond donors (Lipinski definition) is 0. The van der Waals surface area contributed by atoms with Gasteiger partial charge in [0.1, 0.15) is 6.33 Å². The maximum atomic E-state index is 5.23. The van der Waals surface area contributed by atoms with Crippen molar-refractivity contribution >= 4 is 0 Å². The van der Waals surface area contributed by atoms with E-state index in [2.05, 4.69) is 21.9 Å². The Kier molecular flexibility index (Phi) is 2.58. The molecule has 4 rings (SSSR count). The number of hydrogen-bond acceptors (Lipinski definition) is 4. The van der Waals surface area contributed by atoms with E-state index in [1.54, 1.807) is 13.4 Å². The molecule has 0 spiro atoms. The highest BCUT2D eigenvalue weighted by molar-refractivity contribution is 4.98. The summed E-state index contributed by atoms with van der Waals surface area (Å²) in [6, 6.07) is 0.627. The Morgan fingerprint density at radius 3 is 2.82 bits per heavy atom. The van der Waals surface area contributed by atoms with Gasteiger partial charge in [-0.2, -0.15) is 10.1 Å². The fourth-order valence-electron chi connectivity index (χ4n) is 3.47. The minimum Gasteiger partial charge on any atom is -0.467 e. The molecule has 3 aliphatic rings. The molecule has 94 valence electrons. The van der Waals surface area contributed by atoms with Crippen LogP contribution in [-0.4, -0.2) is 46.4 Å². The molecule has 0 radical (unpaired) electrons. The number of methoxy groups -OCH3 is 1. The first-order chi connectivity index (χ1) is 8.21. The van der Waals surface area contributed by atoms with Crippen LogP contribution in [0.15, 0.2) is 6.33 Å². The second kappa shape index (κ2) is 3.98. The predicted molar refractivity (Wildman–Crippen MR) is 63.8 cm³/mol. The minimum absolute atomic E-state index is 0.317. The molecular formula is C12H20N4O. The van der Waals surface area contributed by atoms with Gasteiger partial charge in [0.25, 0.3) is 0 Å². The maximum absolute atomic E-state index is 5.23. The fraction of sp³-hybridized carbons (Fsp3) is 0.833. The van der Waals surface area contributed by atoms with Gasteiger partial charge in [0.15, 0.2) is 0 Å². The zero-order valence-corrected chi connectivity index (χ0v) is 10.6. The van der Waals surface area contributed by atoms with Crippen LogP contribution in [0.2, 0.25) is 0 Å². The summed E-state index contributed by atoms with van der Waals surface area (Å²) in [6.07, 6.45) is 4.23. The van der Waals surface area contributed by atoms with Gasteiger partial charge >= 0.3 is 6.01 Å². The lowest BCUT2D eigenvalue weighted by Gasteiger charge is -2.51. The molecule has 0 aromatic carbocycles. The van der Waals surface area contributed by atoms with Crippen LogP contribution in [0.4, 0.5) is 0 Å². The van der Waals surface area contributed by atoms with Crippen molar-refractivity contribution in [3.8, 4) is 6.01 Å². The minimum atomic E-state index is 0.317. The van der Waals surface area contributed by atoms with Gasteiger partial charge in [-0.15, -0.1) is 0 Å². The molecule has 3 aliphatic heterocycles. The first-order valence-electron chi connectivity index (χ1n) is 6.35. The highest BCUT2D eigenvalue weighted by Crippen LogP contribution is 2.43. The fourth-order valence-corrected chi connectivity index (χ4v) is 3.47. The number of fused-ring (bicyclic) bond motifs is 3. The molecule has 5 nitrogen and oxygen atoms in total. The number of piperidine rings is 3. The molecule has 2 bridgehead atoms. The van der Waals surface area contributed by atoms with E-state index in [4.69, 9.17) is 4.74 Å². The van der Waals surface area contributed by atoms with E-state index >= 15 is 0 Å². The molecule has 0 aliphatic carbocycles. The van der Waals surface area contributed by atoms with E-state index < -0.39 is 0 Å². The summed E-state index contributed by atoms with van der Waals surface area (Å²) < 4.78 is 7.13. The Labute approximate surface area is 102 Å². The summed E-state index contributed by atoms with van der Waals surface area (Å²) in [5, 5.41) is 4.27. The van der Waals surface area contributed by atoms with Gasteiger partial charge in [0, 0.05) is 12.0 Å². The van der Waals surface area contributed by atoms with Crippen molar-refractivity contribution in [1.29, 1.82) is 0 Å². The zero-order chi connectivity index (χ0) is 11.9. The molecule has 0 saturated carbocycles. The largest absolute Gasteiger partial charge is 0.467 e. The third-order valence-electron chi connectivity index (χ3n) is 4.43. The molecule has 1 atom stereocenters. The van der Waals surface area contributed by atoms with Gasteiger partial charge in [-0.05, 0) is 31.8 Å². The lowest BCUT2D eigenvalue weighted by atomic mass is 9.68. The van der Waals surface area contributed by atoms with Crippen LogP contribution >= 0.6 is 0 Å². The van der Waals surface area contributed by atoms with E-state index in [0.717, 1.165) is 12.5 Å². The van der Waals surface area contributed by atoms with Gasteiger partial charge in [-0.3, -0.25) is 0 Å². The third kappa shape index (κ3) is 1.82. The van der Waals surface area contributed by atoms with Crippen LogP contribution in [0.5, 0.6) is 6.01 Å². The standard InChI is InChI=1S/C12H20N4O/c1-12(7-15-5-3-10(12)4-6-15)8-16-11(17-2)13-9-14-16/h9-10H,3-8H2,1-2H3. The van der Waals surface area contributed by atoms with Crippen molar-refractivity contribution in [1.82, 2.24) is 19.7 Å². The van der Waals surface area contributed by atoms with E-state index in [1.807, 2.05) is 4.68 Å². The van der Waals surface area contributed by atoms with Crippen LogP contribution < -0.4 is 4.74 Å². The summed E-state index contributed by atoms with van der Waals surface area (Å²) in [4.78, 5) is 6.68. The molecule has 4 heterocycles. The maximum Gasteiger partial charge on any atom is 0.314 e. The van der Waals surface area contributed by atoms with Crippen LogP contribution in [0, 0.1) is 11.3 Å². The Bertz CT molecular complexity index is 397. The van der Waals surface area contributed by atoms with Gasteiger partial charge in [-0.1, -0.05) is 6.92 Å².